The van der Waals surface area contributed by atoms with Gasteiger partial charge in [-0.25, -0.2) is 0 Å². The van der Waals surface area contributed by atoms with Crippen molar-refractivity contribution in [1.82, 2.24) is 13.5 Å². The molecule has 0 aromatic rings. The van der Waals surface area contributed by atoms with Crippen LogP contribution in [-0.4, -0.2) is 73.8 Å². The van der Waals surface area contributed by atoms with E-state index >= 15 is 0 Å². The third-order valence-electron chi connectivity index (χ3n) is 4.18. The number of hydrogen-bond donors (Lipinski definition) is 1. The first-order chi connectivity index (χ1) is 9.34. The molecule has 6 nitrogen and oxygen atoms in total. The van der Waals surface area contributed by atoms with Gasteiger partial charge in [0, 0.05) is 45.3 Å². The fourth-order valence-corrected chi connectivity index (χ4v) is 4.11. The van der Waals surface area contributed by atoms with Crippen molar-refractivity contribution in [3.8, 4) is 0 Å². The van der Waals surface area contributed by atoms with E-state index in [1.165, 1.54) is 4.31 Å². The molecule has 1 rings (SSSR count). The van der Waals surface area contributed by atoms with Gasteiger partial charge in [-0.3, -0.25) is 4.90 Å². The van der Waals surface area contributed by atoms with Crippen LogP contribution in [-0.2, 0) is 10.2 Å². The van der Waals surface area contributed by atoms with Crippen molar-refractivity contribution in [2.24, 2.45) is 5.73 Å². The quantitative estimate of drug-likeness (QED) is 0.735. The summed E-state index contributed by atoms with van der Waals surface area (Å²) < 4.78 is 27.9. The lowest BCUT2D eigenvalue weighted by molar-refractivity contribution is 0.125. The van der Waals surface area contributed by atoms with Crippen LogP contribution in [0, 0.1) is 0 Å². The standard InChI is InChI=1S/C13H30N4O2S/c1-5-13(6-7-14)16-8-10-17(11-9-16)20(18,19)15(4)12(2)3/h12-13H,5-11,14H2,1-4H3. The highest BCUT2D eigenvalue weighted by molar-refractivity contribution is 7.86. The van der Waals surface area contributed by atoms with Crippen molar-refractivity contribution in [2.75, 3.05) is 39.8 Å². The molecule has 1 unspecified atom stereocenters. The number of rotatable bonds is 7. The average Bonchev–Trinajstić information content (AvgIpc) is 2.43. The second-order valence-electron chi connectivity index (χ2n) is 5.69. The van der Waals surface area contributed by atoms with Crippen molar-refractivity contribution in [3.63, 3.8) is 0 Å². The first kappa shape index (κ1) is 17.8. The van der Waals surface area contributed by atoms with E-state index in [2.05, 4.69) is 11.8 Å². The molecule has 0 aromatic carbocycles. The van der Waals surface area contributed by atoms with Crippen molar-refractivity contribution in [1.29, 1.82) is 0 Å². The second kappa shape index (κ2) is 7.70. The summed E-state index contributed by atoms with van der Waals surface area (Å²) in [6.45, 7) is 9.36. The Bertz CT molecular complexity index is 378. The normalized spacial score (nSPS) is 20.8. The molecule has 0 amide bonds. The van der Waals surface area contributed by atoms with Gasteiger partial charge in [0.1, 0.15) is 0 Å². The van der Waals surface area contributed by atoms with Crippen LogP contribution >= 0.6 is 0 Å². The van der Waals surface area contributed by atoms with Crippen molar-refractivity contribution in [3.05, 3.63) is 0 Å². The van der Waals surface area contributed by atoms with Crippen molar-refractivity contribution in [2.45, 2.75) is 45.7 Å². The van der Waals surface area contributed by atoms with Gasteiger partial charge in [0.2, 0.25) is 0 Å². The third-order valence-corrected chi connectivity index (χ3v) is 6.35. The Morgan fingerprint density at radius 3 is 2.15 bits per heavy atom. The summed E-state index contributed by atoms with van der Waals surface area (Å²) >= 11 is 0. The Morgan fingerprint density at radius 1 is 1.20 bits per heavy atom. The molecule has 0 aliphatic carbocycles. The van der Waals surface area contributed by atoms with Gasteiger partial charge in [-0.2, -0.15) is 17.0 Å². The highest BCUT2D eigenvalue weighted by Crippen LogP contribution is 2.16. The molecule has 1 atom stereocenters. The molecular weight excluding hydrogens is 276 g/mol. The molecule has 120 valence electrons. The number of hydrogen-bond acceptors (Lipinski definition) is 4. The van der Waals surface area contributed by atoms with Crippen LogP contribution < -0.4 is 5.73 Å². The highest BCUT2D eigenvalue weighted by Gasteiger charge is 2.32. The maximum absolute atomic E-state index is 12.4. The molecule has 2 N–H and O–H groups in total. The van der Waals surface area contributed by atoms with Crippen LogP contribution in [0.4, 0.5) is 0 Å². The third kappa shape index (κ3) is 4.14. The second-order valence-corrected chi connectivity index (χ2v) is 7.68. The van der Waals surface area contributed by atoms with Crippen LogP contribution in [0.3, 0.4) is 0 Å². The van der Waals surface area contributed by atoms with Gasteiger partial charge in [-0.05, 0) is 33.2 Å². The summed E-state index contributed by atoms with van der Waals surface area (Å²) in [6, 6.07) is 0.464. The van der Waals surface area contributed by atoms with Crippen LogP contribution in [0.2, 0.25) is 0 Å². The van der Waals surface area contributed by atoms with E-state index in [1.54, 1.807) is 11.4 Å². The van der Waals surface area contributed by atoms with Crippen molar-refractivity contribution < 1.29 is 8.42 Å². The summed E-state index contributed by atoms with van der Waals surface area (Å²) in [4.78, 5) is 2.37. The van der Waals surface area contributed by atoms with Crippen LogP contribution in [0.1, 0.15) is 33.6 Å². The van der Waals surface area contributed by atoms with E-state index < -0.39 is 10.2 Å². The van der Waals surface area contributed by atoms with Crippen LogP contribution in [0.15, 0.2) is 0 Å². The molecule has 20 heavy (non-hydrogen) atoms. The maximum atomic E-state index is 12.4. The lowest BCUT2D eigenvalue weighted by Crippen LogP contribution is -2.55. The van der Waals surface area contributed by atoms with E-state index in [1.807, 2.05) is 13.8 Å². The fourth-order valence-electron chi connectivity index (χ4n) is 2.59. The zero-order chi connectivity index (χ0) is 15.3. The SMILES string of the molecule is CCC(CCN)N1CCN(S(=O)(=O)N(C)C(C)C)CC1. The van der Waals surface area contributed by atoms with E-state index in [-0.39, 0.29) is 6.04 Å². The smallest absolute Gasteiger partial charge is 0.282 e. The lowest BCUT2D eigenvalue weighted by Gasteiger charge is -2.40. The maximum Gasteiger partial charge on any atom is 0.282 e. The average molecular weight is 306 g/mol. The van der Waals surface area contributed by atoms with E-state index in [0.29, 0.717) is 25.7 Å². The van der Waals surface area contributed by atoms with Gasteiger partial charge in [-0.15, -0.1) is 0 Å². The van der Waals surface area contributed by atoms with Gasteiger partial charge in [0.25, 0.3) is 10.2 Å². The molecule has 0 radical (unpaired) electrons. The molecule has 0 aromatic heterocycles. The molecule has 0 saturated carbocycles. The highest BCUT2D eigenvalue weighted by atomic mass is 32.2. The largest absolute Gasteiger partial charge is 0.330 e. The Balaban J connectivity index is 2.62. The molecule has 1 aliphatic rings. The minimum Gasteiger partial charge on any atom is -0.330 e. The predicted octanol–water partition coefficient (Wildman–Crippen LogP) is 0.316. The van der Waals surface area contributed by atoms with Gasteiger partial charge in [-0.1, -0.05) is 6.92 Å². The van der Waals surface area contributed by atoms with Gasteiger partial charge >= 0.3 is 0 Å². The van der Waals surface area contributed by atoms with Gasteiger partial charge in [0.05, 0.1) is 0 Å². The molecular formula is C13H30N4O2S. The van der Waals surface area contributed by atoms with Crippen LogP contribution in [0.5, 0.6) is 0 Å². The Labute approximate surface area is 124 Å². The predicted molar refractivity (Wildman–Crippen MR) is 82.7 cm³/mol. The zero-order valence-electron chi connectivity index (χ0n) is 13.2. The Hall–Kier alpha value is -0.210. The van der Waals surface area contributed by atoms with Crippen molar-refractivity contribution >= 4 is 10.2 Å². The summed E-state index contributed by atoms with van der Waals surface area (Å²) in [5, 5.41) is 0. The minimum absolute atomic E-state index is 0.0151. The summed E-state index contributed by atoms with van der Waals surface area (Å²) in [6.07, 6.45) is 2.05. The van der Waals surface area contributed by atoms with Gasteiger partial charge < -0.3 is 5.73 Å². The first-order valence-corrected chi connectivity index (χ1v) is 8.91. The molecule has 1 fully saturated rings. The summed E-state index contributed by atoms with van der Waals surface area (Å²) in [5.74, 6) is 0. The lowest BCUT2D eigenvalue weighted by atomic mass is 10.1. The Kier molecular flexibility index (Phi) is 6.87. The minimum atomic E-state index is -3.31. The topological polar surface area (TPSA) is 69.9 Å². The molecule has 7 heteroatoms. The van der Waals surface area contributed by atoms with E-state index in [9.17, 15) is 8.42 Å². The van der Waals surface area contributed by atoms with E-state index in [0.717, 1.165) is 25.9 Å². The number of piperazine rings is 1. The molecule has 0 spiro atoms. The van der Waals surface area contributed by atoms with Crippen LogP contribution in [0.25, 0.3) is 0 Å². The zero-order valence-corrected chi connectivity index (χ0v) is 14.1. The van der Waals surface area contributed by atoms with E-state index in [4.69, 9.17) is 5.73 Å². The molecule has 1 aliphatic heterocycles. The number of nitrogens with two attached hydrogens (primary N) is 1. The Morgan fingerprint density at radius 2 is 1.75 bits per heavy atom. The summed E-state index contributed by atoms with van der Waals surface area (Å²) in [5.41, 5.74) is 5.64. The molecule has 1 heterocycles. The van der Waals surface area contributed by atoms with Gasteiger partial charge in [0.15, 0.2) is 0 Å². The monoisotopic (exact) mass is 306 g/mol. The number of nitrogens with zero attached hydrogens (tertiary/aromatic N) is 3. The fraction of sp³-hybridized carbons (Fsp3) is 1.00. The molecule has 0 bridgehead atoms. The first-order valence-electron chi connectivity index (χ1n) is 7.51. The summed E-state index contributed by atoms with van der Waals surface area (Å²) in [7, 11) is -1.67. The molecule has 1 saturated heterocycles.